The third-order valence-electron chi connectivity index (χ3n) is 18.1. The number of hydrogen-bond donors (Lipinski definition) is 0. The van der Waals surface area contributed by atoms with Crippen LogP contribution in [0, 0.1) is 6.92 Å². The van der Waals surface area contributed by atoms with Crippen molar-refractivity contribution in [2.45, 2.75) is 174 Å². The van der Waals surface area contributed by atoms with Crippen molar-refractivity contribution in [3.63, 3.8) is 0 Å². The normalized spacial score (nSPS) is 20.2. The first kappa shape index (κ1) is 43.1. The monoisotopic (exact) mass is 883 g/mol. The fraction of sp³-hybridized carbons (Fsp3) is 0.429. The second kappa shape index (κ2) is 13.7. The maximum atomic E-state index is 7.25. The van der Waals surface area contributed by atoms with Crippen molar-refractivity contribution >= 4 is 68.1 Å². The average molecular weight is 883 g/mol. The molecule has 0 amide bonds. The molecule has 3 nitrogen and oxygen atoms in total. The first-order valence-electron chi connectivity index (χ1n) is 25.7. The minimum absolute atomic E-state index is 0.0472. The number of anilines is 5. The lowest BCUT2D eigenvalue weighted by molar-refractivity contribution is 0.332. The number of aryl methyl sites for hydroxylation is 2. The van der Waals surface area contributed by atoms with Crippen LogP contribution in [0.25, 0.3) is 33.1 Å². The summed E-state index contributed by atoms with van der Waals surface area (Å²) in [6.45, 7) is 34.2. The smallest absolute Gasteiger partial charge is 0.333 e. The predicted molar refractivity (Wildman–Crippen MR) is 287 cm³/mol. The van der Waals surface area contributed by atoms with Crippen LogP contribution in [-0.2, 0) is 38.9 Å². The van der Waals surface area contributed by atoms with Gasteiger partial charge in [0.2, 0.25) is 0 Å². The third kappa shape index (κ3) is 6.15. The molecule has 0 saturated heterocycles. The van der Waals surface area contributed by atoms with Gasteiger partial charge < -0.3 is 14.1 Å². The molecule has 0 atom stereocenters. The Bertz CT molecular complexity index is 3270. The molecule has 67 heavy (non-hydrogen) atoms. The molecule has 3 heterocycles. The van der Waals surface area contributed by atoms with Crippen molar-refractivity contribution in [2.75, 3.05) is 9.71 Å². The average Bonchev–Trinajstić information content (AvgIpc) is 3.65. The molecular weight excluding hydrogens is 812 g/mol. The Morgan fingerprint density at radius 1 is 0.552 bits per heavy atom. The minimum Gasteiger partial charge on any atom is -0.454 e. The first-order chi connectivity index (χ1) is 31.5. The lowest BCUT2D eigenvalue weighted by Gasteiger charge is -2.49. The maximum absolute atomic E-state index is 7.25. The van der Waals surface area contributed by atoms with Gasteiger partial charge >= 0.3 is 6.85 Å². The summed E-state index contributed by atoms with van der Waals surface area (Å²) in [4.78, 5) is 5.47. The summed E-state index contributed by atoms with van der Waals surface area (Å²) >= 11 is 0. The zero-order chi connectivity index (χ0) is 47.1. The number of nitrogens with zero attached hydrogens (tertiary/aromatic N) is 2. The molecule has 1 aromatic heterocycles. The highest BCUT2D eigenvalue weighted by Gasteiger charge is 2.50. The molecule has 4 heteroatoms. The van der Waals surface area contributed by atoms with Crippen LogP contribution in [0.15, 0.2) is 95.4 Å². The van der Waals surface area contributed by atoms with E-state index in [-0.39, 0.29) is 39.3 Å². The van der Waals surface area contributed by atoms with Crippen LogP contribution in [0.5, 0.6) is 0 Å². The quantitative estimate of drug-likeness (QED) is 0.161. The van der Waals surface area contributed by atoms with Crippen LogP contribution in [0.3, 0.4) is 0 Å². The molecular formula is C63H71BN2O. The number of fused-ring (bicyclic) bond motifs is 11. The molecule has 5 aliphatic rings. The van der Waals surface area contributed by atoms with E-state index >= 15 is 0 Å². The maximum Gasteiger partial charge on any atom is 0.333 e. The topological polar surface area (TPSA) is 19.6 Å². The van der Waals surface area contributed by atoms with Gasteiger partial charge in [0.15, 0.2) is 5.58 Å². The van der Waals surface area contributed by atoms with Gasteiger partial charge in [-0.2, -0.15) is 0 Å². The largest absolute Gasteiger partial charge is 0.454 e. The molecule has 0 spiro atoms. The molecule has 6 aromatic carbocycles. The minimum atomic E-state index is -0.111. The van der Waals surface area contributed by atoms with Gasteiger partial charge in [0.1, 0.15) is 5.58 Å². The van der Waals surface area contributed by atoms with Crippen LogP contribution in [0.2, 0.25) is 0 Å². The molecule has 3 aliphatic carbocycles. The third-order valence-corrected chi connectivity index (χ3v) is 18.1. The summed E-state index contributed by atoms with van der Waals surface area (Å²) < 4.78 is 7.25. The highest BCUT2D eigenvalue weighted by Crippen LogP contribution is 2.56. The number of rotatable bonds is 2. The predicted octanol–water partition coefficient (Wildman–Crippen LogP) is 16.2. The molecule has 2 aliphatic heterocycles. The lowest BCUT2D eigenvalue weighted by atomic mass is 9.43. The van der Waals surface area contributed by atoms with Crippen molar-refractivity contribution in [3.05, 3.63) is 136 Å². The summed E-state index contributed by atoms with van der Waals surface area (Å²) in [5.41, 5.74) is 25.6. The van der Waals surface area contributed by atoms with E-state index in [9.17, 15) is 0 Å². The van der Waals surface area contributed by atoms with Crippen LogP contribution in [-0.4, -0.2) is 6.85 Å². The summed E-state index contributed by atoms with van der Waals surface area (Å²) in [5, 5.41) is 2.34. The number of furan rings is 1. The zero-order valence-corrected chi connectivity index (χ0v) is 43.0. The van der Waals surface area contributed by atoms with Gasteiger partial charge in [0.25, 0.3) is 0 Å². The van der Waals surface area contributed by atoms with Gasteiger partial charge in [-0.05, 0) is 188 Å². The highest BCUT2D eigenvalue weighted by atomic mass is 16.3. The van der Waals surface area contributed by atoms with Gasteiger partial charge in [0.05, 0.1) is 5.69 Å². The van der Waals surface area contributed by atoms with E-state index in [1.165, 1.54) is 144 Å². The SMILES string of the molecule is Cc1cc2c(cc1N1c3cc(C(C)(C)C)cc4c3B(c3ccc5c(oc6ccccc65)c31)N(c1ccc3c(c1)C(C)(C)CCC3(C)C)c1cc3c(cc1-4)C(C)(C)CCC3(C)C)C(C)(C)CCC2. The molecule has 342 valence electrons. The molecule has 0 fully saturated rings. The molecule has 0 radical (unpaired) electrons. The number of hydrogen-bond acceptors (Lipinski definition) is 3. The molecule has 7 aromatic rings. The Kier molecular flexibility index (Phi) is 8.83. The lowest BCUT2D eigenvalue weighted by Crippen LogP contribution is -2.62. The summed E-state index contributed by atoms with van der Waals surface area (Å²) in [6, 6.07) is 36.7. The number of para-hydroxylation sites is 1. The summed E-state index contributed by atoms with van der Waals surface area (Å²) in [7, 11) is 0. The van der Waals surface area contributed by atoms with Gasteiger partial charge in [-0.3, -0.25) is 0 Å². The summed E-state index contributed by atoms with van der Waals surface area (Å²) in [6.07, 6.45) is 8.29. The molecule has 12 rings (SSSR count). The van der Waals surface area contributed by atoms with Gasteiger partial charge in [-0.1, -0.05) is 139 Å². The molecule has 0 N–H and O–H groups in total. The zero-order valence-electron chi connectivity index (χ0n) is 43.0. The fourth-order valence-electron chi connectivity index (χ4n) is 13.7. The Balaban J connectivity index is 1.26. The second-order valence-electron chi connectivity index (χ2n) is 26.0. The van der Waals surface area contributed by atoms with Crippen molar-refractivity contribution in [2.24, 2.45) is 0 Å². The van der Waals surface area contributed by atoms with E-state index in [0.717, 1.165) is 17.6 Å². The van der Waals surface area contributed by atoms with Crippen LogP contribution >= 0.6 is 0 Å². The molecule has 0 saturated carbocycles. The van der Waals surface area contributed by atoms with E-state index < -0.39 is 0 Å². The van der Waals surface area contributed by atoms with Crippen molar-refractivity contribution in [1.82, 2.24) is 0 Å². The van der Waals surface area contributed by atoms with Crippen molar-refractivity contribution < 1.29 is 4.42 Å². The van der Waals surface area contributed by atoms with E-state index in [0.29, 0.717) is 0 Å². The second-order valence-corrected chi connectivity index (χ2v) is 26.0. The van der Waals surface area contributed by atoms with E-state index in [1.54, 1.807) is 0 Å². The summed E-state index contributed by atoms with van der Waals surface area (Å²) in [5.74, 6) is 0. The van der Waals surface area contributed by atoms with Crippen LogP contribution in [0.1, 0.15) is 173 Å². The van der Waals surface area contributed by atoms with Gasteiger partial charge in [-0.25, -0.2) is 0 Å². The fourth-order valence-corrected chi connectivity index (χ4v) is 13.7. The van der Waals surface area contributed by atoms with Gasteiger partial charge in [0, 0.05) is 39.1 Å². The Hall–Kier alpha value is -5.22. The highest BCUT2D eigenvalue weighted by molar-refractivity contribution is 6.94. The van der Waals surface area contributed by atoms with E-state index in [4.69, 9.17) is 4.42 Å². The van der Waals surface area contributed by atoms with E-state index in [2.05, 4.69) is 198 Å². The Morgan fingerprint density at radius 2 is 1.18 bits per heavy atom. The van der Waals surface area contributed by atoms with Crippen molar-refractivity contribution in [1.29, 1.82) is 0 Å². The Morgan fingerprint density at radius 3 is 1.88 bits per heavy atom. The first-order valence-corrected chi connectivity index (χ1v) is 25.7. The van der Waals surface area contributed by atoms with Crippen molar-refractivity contribution in [3.8, 4) is 11.1 Å². The molecule has 0 unspecified atom stereocenters. The molecule has 0 bridgehead atoms. The van der Waals surface area contributed by atoms with E-state index in [1.807, 2.05) is 0 Å². The van der Waals surface area contributed by atoms with Gasteiger partial charge in [-0.15, -0.1) is 0 Å². The Labute approximate surface area is 401 Å². The standard InChI is InChI=1S/C63H71BN2O/c1-37-30-38-18-17-25-59(5,6)46(38)35-51(37)65-53-32-39(58(2,3)4)31-44-43-34-48-49(63(13,14)29-28-62(48,11)12)36-52(43)66(40-21-23-45-47(33-40)61(9,10)27-26-60(45,7)8)64(55(44)53)50-24-22-42-41-19-15-16-20-54(41)67-57(42)56(50)65/h15-16,19-24,30-36H,17-18,25-29H2,1-14H3. The van der Waals surface area contributed by atoms with Crippen LogP contribution in [0.4, 0.5) is 28.4 Å². The number of benzene rings is 6. The van der Waals surface area contributed by atoms with Crippen LogP contribution < -0.4 is 20.6 Å².